The zero-order valence-corrected chi connectivity index (χ0v) is 15.8. The second-order valence-corrected chi connectivity index (χ2v) is 6.85. The Bertz CT molecular complexity index is 816. The predicted molar refractivity (Wildman–Crippen MR) is 98.1 cm³/mol. The number of esters is 1. The van der Waals surface area contributed by atoms with Gasteiger partial charge in [0, 0.05) is 0 Å². The largest absolute Gasteiger partial charge is 0.482 e. The van der Waals surface area contributed by atoms with Gasteiger partial charge in [0.2, 0.25) is 6.79 Å². The van der Waals surface area contributed by atoms with E-state index in [9.17, 15) is 4.79 Å². The van der Waals surface area contributed by atoms with Crippen LogP contribution in [0.2, 0.25) is 5.02 Å². The third-order valence-corrected chi connectivity index (χ3v) is 4.39. The minimum Gasteiger partial charge on any atom is -0.482 e. The highest BCUT2D eigenvalue weighted by Crippen LogP contribution is 2.39. The van der Waals surface area contributed by atoms with Crippen LogP contribution in [-0.4, -0.2) is 19.4 Å². The van der Waals surface area contributed by atoms with Crippen LogP contribution in [0.15, 0.2) is 30.3 Å². The van der Waals surface area contributed by atoms with Crippen LogP contribution in [0.5, 0.6) is 17.2 Å². The van der Waals surface area contributed by atoms with E-state index in [0.717, 1.165) is 16.7 Å². The Morgan fingerprint density at radius 1 is 1.23 bits per heavy atom. The molecule has 1 aliphatic heterocycles. The number of carbonyl (C=O) groups excluding carboxylic acids is 1. The van der Waals surface area contributed by atoms with Crippen molar-refractivity contribution in [2.24, 2.45) is 0 Å². The average molecular weight is 377 g/mol. The first-order valence-electron chi connectivity index (χ1n) is 8.41. The molecule has 0 N–H and O–H groups in total. The summed E-state index contributed by atoms with van der Waals surface area (Å²) in [5.41, 5.74) is 2.87. The van der Waals surface area contributed by atoms with Crippen LogP contribution in [0.1, 0.15) is 36.5 Å². The second kappa shape index (κ2) is 7.87. The third kappa shape index (κ3) is 4.22. The quantitative estimate of drug-likeness (QED) is 0.688. The number of rotatable bonds is 6. The van der Waals surface area contributed by atoms with Crippen LogP contribution in [-0.2, 0) is 16.1 Å². The van der Waals surface area contributed by atoms with E-state index >= 15 is 0 Å². The fourth-order valence-corrected chi connectivity index (χ4v) is 2.87. The fraction of sp³-hybridized carbons (Fsp3) is 0.350. The first kappa shape index (κ1) is 18.4. The molecule has 1 heterocycles. The van der Waals surface area contributed by atoms with E-state index in [1.807, 2.05) is 19.1 Å². The predicted octanol–water partition coefficient (Wildman–Crippen LogP) is 4.62. The molecule has 0 amide bonds. The molecule has 138 valence electrons. The molecule has 3 rings (SSSR count). The van der Waals surface area contributed by atoms with Crippen molar-refractivity contribution in [2.75, 3.05) is 13.4 Å². The van der Waals surface area contributed by atoms with Gasteiger partial charge >= 0.3 is 5.97 Å². The van der Waals surface area contributed by atoms with Crippen molar-refractivity contribution in [1.29, 1.82) is 0 Å². The summed E-state index contributed by atoms with van der Waals surface area (Å²) in [6.07, 6.45) is 0. The number of aryl methyl sites for hydroxylation is 1. The number of hydrogen-bond donors (Lipinski definition) is 0. The number of halogens is 1. The summed E-state index contributed by atoms with van der Waals surface area (Å²) < 4.78 is 21.5. The average Bonchev–Trinajstić information content (AvgIpc) is 3.08. The highest BCUT2D eigenvalue weighted by Gasteiger charge is 2.19. The van der Waals surface area contributed by atoms with Gasteiger partial charge in [-0.05, 0) is 47.7 Å². The number of benzene rings is 2. The van der Waals surface area contributed by atoms with Gasteiger partial charge in [0.05, 0.1) is 5.02 Å². The topological polar surface area (TPSA) is 54.0 Å². The van der Waals surface area contributed by atoms with Gasteiger partial charge in [0.25, 0.3) is 0 Å². The maximum Gasteiger partial charge on any atom is 0.344 e. The summed E-state index contributed by atoms with van der Waals surface area (Å²) in [6.45, 7) is 6.24. The van der Waals surface area contributed by atoms with E-state index in [1.54, 1.807) is 12.1 Å². The molecule has 0 atom stereocenters. The van der Waals surface area contributed by atoms with Crippen LogP contribution in [0.25, 0.3) is 0 Å². The van der Waals surface area contributed by atoms with Crippen molar-refractivity contribution in [3.8, 4) is 17.2 Å². The highest BCUT2D eigenvalue weighted by atomic mass is 35.5. The lowest BCUT2D eigenvalue weighted by molar-refractivity contribution is -0.147. The zero-order chi connectivity index (χ0) is 18.7. The molecule has 0 fully saturated rings. The summed E-state index contributed by atoms with van der Waals surface area (Å²) in [6, 6.07) is 9.46. The van der Waals surface area contributed by atoms with Gasteiger partial charge in [-0.15, -0.1) is 0 Å². The van der Waals surface area contributed by atoms with Crippen molar-refractivity contribution in [1.82, 2.24) is 0 Å². The van der Waals surface area contributed by atoms with Crippen molar-refractivity contribution >= 4 is 17.6 Å². The van der Waals surface area contributed by atoms with Gasteiger partial charge in [0.15, 0.2) is 18.1 Å². The van der Waals surface area contributed by atoms with Crippen LogP contribution in [0, 0.1) is 6.92 Å². The molecule has 0 saturated heterocycles. The smallest absolute Gasteiger partial charge is 0.344 e. The highest BCUT2D eigenvalue weighted by molar-refractivity contribution is 6.32. The Hall–Kier alpha value is -2.40. The monoisotopic (exact) mass is 376 g/mol. The van der Waals surface area contributed by atoms with Gasteiger partial charge in [-0.25, -0.2) is 4.79 Å². The minimum absolute atomic E-state index is 0.0869. The lowest BCUT2D eigenvalue weighted by Crippen LogP contribution is -2.15. The lowest BCUT2D eigenvalue weighted by atomic mass is 10.0. The summed E-state index contributed by atoms with van der Waals surface area (Å²) in [5.74, 6) is 1.71. The van der Waals surface area contributed by atoms with E-state index in [4.69, 9.17) is 30.5 Å². The van der Waals surface area contributed by atoms with Gasteiger partial charge in [0.1, 0.15) is 12.4 Å². The Kier molecular flexibility index (Phi) is 5.57. The molecule has 0 aliphatic carbocycles. The molecule has 0 radical (unpaired) electrons. The second-order valence-electron chi connectivity index (χ2n) is 6.44. The first-order valence-corrected chi connectivity index (χ1v) is 8.79. The molecule has 0 saturated carbocycles. The summed E-state index contributed by atoms with van der Waals surface area (Å²) in [5, 5.41) is 0.434. The fourth-order valence-electron chi connectivity index (χ4n) is 2.58. The molecule has 1 aliphatic rings. The normalized spacial score (nSPS) is 12.3. The molecule has 6 heteroatoms. The van der Waals surface area contributed by atoms with Gasteiger partial charge < -0.3 is 18.9 Å². The summed E-state index contributed by atoms with van der Waals surface area (Å²) in [4.78, 5) is 12.0. The van der Waals surface area contributed by atoms with E-state index in [-0.39, 0.29) is 20.0 Å². The Labute approximate surface area is 157 Å². The van der Waals surface area contributed by atoms with Gasteiger partial charge in [-0.3, -0.25) is 0 Å². The molecule has 2 aromatic carbocycles. The molecule has 26 heavy (non-hydrogen) atoms. The SMILES string of the molecule is Cc1ccc(C(C)C)cc1OCC(=O)OCc1cc(Cl)c2c(c1)OCO2. The third-order valence-electron chi connectivity index (χ3n) is 4.11. The maximum absolute atomic E-state index is 12.0. The molecule has 0 spiro atoms. The Morgan fingerprint density at radius 2 is 2.04 bits per heavy atom. The molecule has 2 aromatic rings. The number of ether oxygens (including phenoxy) is 4. The van der Waals surface area contributed by atoms with Gasteiger partial charge in [-0.1, -0.05) is 37.6 Å². The van der Waals surface area contributed by atoms with Gasteiger partial charge in [-0.2, -0.15) is 0 Å². The van der Waals surface area contributed by atoms with Crippen LogP contribution < -0.4 is 14.2 Å². The zero-order valence-electron chi connectivity index (χ0n) is 15.0. The van der Waals surface area contributed by atoms with E-state index < -0.39 is 5.97 Å². The number of fused-ring (bicyclic) bond motifs is 1. The van der Waals surface area contributed by atoms with Crippen LogP contribution in [0.3, 0.4) is 0 Å². The number of carbonyl (C=O) groups is 1. The van der Waals surface area contributed by atoms with E-state index in [1.165, 1.54) is 0 Å². The van der Waals surface area contributed by atoms with E-state index in [0.29, 0.717) is 28.2 Å². The molecular weight excluding hydrogens is 356 g/mol. The summed E-state index contributed by atoms with van der Waals surface area (Å²) in [7, 11) is 0. The van der Waals surface area contributed by atoms with Crippen molar-refractivity contribution in [2.45, 2.75) is 33.3 Å². The van der Waals surface area contributed by atoms with Crippen LogP contribution in [0.4, 0.5) is 0 Å². The van der Waals surface area contributed by atoms with Crippen molar-refractivity contribution in [3.63, 3.8) is 0 Å². The Balaban J connectivity index is 1.55. The summed E-state index contributed by atoms with van der Waals surface area (Å²) >= 11 is 6.12. The van der Waals surface area contributed by atoms with Crippen LogP contribution >= 0.6 is 11.6 Å². The van der Waals surface area contributed by atoms with Crippen molar-refractivity contribution < 1.29 is 23.7 Å². The minimum atomic E-state index is -0.451. The molecule has 0 unspecified atom stereocenters. The van der Waals surface area contributed by atoms with Crippen molar-refractivity contribution in [3.05, 3.63) is 52.0 Å². The molecule has 5 nitrogen and oxygen atoms in total. The molecular formula is C20H21ClO5. The first-order chi connectivity index (χ1) is 12.4. The lowest BCUT2D eigenvalue weighted by Gasteiger charge is -2.13. The van der Waals surface area contributed by atoms with E-state index in [2.05, 4.69) is 19.9 Å². The maximum atomic E-state index is 12.0. The Morgan fingerprint density at radius 3 is 2.81 bits per heavy atom. The number of hydrogen-bond acceptors (Lipinski definition) is 5. The standard InChI is InChI=1S/C20H21ClO5/c1-12(2)15-5-4-13(3)17(8-15)23-10-19(22)24-9-14-6-16(21)20-18(7-14)25-11-26-20/h4-8,12H,9-11H2,1-3H3. The molecule has 0 aromatic heterocycles. The molecule has 0 bridgehead atoms.